The molecule has 0 aliphatic rings. The fourth-order valence-corrected chi connectivity index (χ4v) is 1.15. The van der Waals surface area contributed by atoms with E-state index >= 15 is 0 Å². The molecule has 84 valence electrons. The van der Waals surface area contributed by atoms with E-state index in [-0.39, 0.29) is 38.3 Å². The second-order valence-electron chi connectivity index (χ2n) is 3.16. The first-order chi connectivity index (χ1) is 7.67. The molecule has 0 fully saturated rings. The van der Waals surface area contributed by atoms with Gasteiger partial charge in [0, 0.05) is 19.5 Å². The van der Waals surface area contributed by atoms with Gasteiger partial charge in [-0.2, -0.15) is 10.5 Å². The van der Waals surface area contributed by atoms with Crippen LogP contribution in [0.15, 0.2) is 0 Å². The van der Waals surface area contributed by atoms with E-state index in [0.717, 1.165) is 0 Å². The van der Waals surface area contributed by atoms with Crippen molar-refractivity contribution in [3.63, 3.8) is 0 Å². The summed E-state index contributed by atoms with van der Waals surface area (Å²) in [5.41, 5.74) is 5.57. The Labute approximate surface area is 95.4 Å². The van der Waals surface area contributed by atoms with Gasteiger partial charge < -0.3 is 10.6 Å². The summed E-state index contributed by atoms with van der Waals surface area (Å²) in [6.07, 6.45) is 5.67. The number of amides is 1. The highest BCUT2D eigenvalue weighted by Gasteiger charge is 2.19. The summed E-state index contributed by atoms with van der Waals surface area (Å²) >= 11 is 0. The molecule has 0 bridgehead atoms. The predicted molar refractivity (Wildman–Crippen MR) is 58.5 cm³/mol. The van der Waals surface area contributed by atoms with E-state index < -0.39 is 6.04 Å². The smallest absolute Gasteiger partial charge is 0.240 e. The number of terminal acetylenes is 1. The summed E-state index contributed by atoms with van der Waals surface area (Å²) in [7, 11) is 0. The normalized spacial score (nSPS) is 10.6. The standard InChI is InChI=1S/C11H14N4O/c1-2-5-10(14)11(16)15(8-3-6-12)9-4-7-13/h1,10H,3-5,8-9,14H2. The predicted octanol–water partition coefficient (Wildman–Crippen LogP) is -0.00704. The molecule has 0 heterocycles. The maximum Gasteiger partial charge on any atom is 0.240 e. The van der Waals surface area contributed by atoms with Crippen LogP contribution >= 0.6 is 0 Å². The van der Waals surface area contributed by atoms with Gasteiger partial charge in [-0.1, -0.05) is 0 Å². The van der Waals surface area contributed by atoms with Gasteiger partial charge in [0.1, 0.15) is 0 Å². The van der Waals surface area contributed by atoms with E-state index in [0.29, 0.717) is 0 Å². The first-order valence-corrected chi connectivity index (χ1v) is 4.89. The van der Waals surface area contributed by atoms with Crippen molar-refractivity contribution in [3.8, 4) is 24.5 Å². The quantitative estimate of drug-likeness (QED) is 0.634. The highest BCUT2D eigenvalue weighted by molar-refractivity contribution is 5.82. The van der Waals surface area contributed by atoms with Crippen molar-refractivity contribution in [1.29, 1.82) is 10.5 Å². The molecule has 1 atom stereocenters. The molecular formula is C11H14N4O. The molecule has 0 rings (SSSR count). The molecule has 0 aromatic carbocycles. The molecule has 5 heteroatoms. The number of nitrogens with zero attached hydrogens (tertiary/aromatic N) is 3. The van der Waals surface area contributed by atoms with Crippen molar-refractivity contribution in [1.82, 2.24) is 4.90 Å². The van der Waals surface area contributed by atoms with Crippen LogP contribution < -0.4 is 5.73 Å². The van der Waals surface area contributed by atoms with E-state index in [1.165, 1.54) is 4.90 Å². The van der Waals surface area contributed by atoms with Crippen LogP contribution in [0.1, 0.15) is 19.3 Å². The number of nitrogens with two attached hydrogens (primary N) is 1. The summed E-state index contributed by atoms with van der Waals surface area (Å²) in [5, 5.41) is 16.9. The van der Waals surface area contributed by atoms with Crippen molar-refractivity contribution in [3.05, 3.63) is 0 Å². The van der Waals surface area contributed by atoms with Crippen LogP contribution in [-0.2, 0) is 4.79 Å². The summed E-state index contributed by atoms with van der Waals surface area (Å²) in [6.45, 7) is 0.574. The van der Waals surface area contributed by atoms with Crippen molar-refractivity contribution in [2.24, 2.45) is 5.73 Å². The minimum absolute atomic E-state index is 0.161. The molecule has 0 aliphatic heterocycles. The zero-order chi connectivity index (χ0) is 12.4. The topological polar surface area (TPSA) is 93.9 Å². The van der Waals surface area contributed by atoms with Gasteiger partial charge in [-0.15, -0.1) is 12.3 Å². The molecule has 0 spiro atoms. The zero-order valence-electron chi connectivity index (χ0n) is 9.02. The average Bonchev–Trinajstić information content (AvgIpc) is 2.29. The summed E-state index contributed by atoms with van der Waals surface area (Å²) in [5.74, 6) is 2.01. The first kappa shape index (κ1) is 14.0. The third kappa shape index (κ3) is 5.00. The lowest BCUT2D eigenvalue weighted by Gasteiger charge is -2.23. The zero-order valence-corrected chi connectivity index (χ0v) is 9.02. The third-order valence-electron chi connectivity index (χ3n) is 1.95. The number of hydrogen-bond acceptors (Lipinski definition) is 4. The monoisotopic (exact) mass is 218 g/mol. The largest absolute Gasteiger partial charge is 0.339 e. The molecule has 0 aliphatic carbocycles. The molecule has 2 N–H and O–H groups in total. The van der Waals surface area contributed by atoms with E-state index in [2.05, 4.69) is 5.92 Å². The van der Waals surface area contributed by atoms with Crippen LogP contribution in [0.2, 0.25) is 0 Å². The van der Waals surface area contributed by atoms with Gasteiger partial charge in [-0.3, -0.25) is 4.79 Å². The summed E-state index contributed by atoms with van der Waals surface area (Å²) < 4.78 is 0. The van der Waals surface area contributed by atoms with Crippen molar-refractivity contribution in [2.45, 2.75) is 25.3 Å². The molecule has 16 heavy (non-hydrogen) atoms. The maximum absolute atomic E-state index is 11.7. The van der Waals surface area contributed by atoms with E-state index in [4.69, 9.17) is 22.7 Å². The lowest BCUT2D eigenvalue weighted by molar-refractivity contribution is -0.132. The van der Waals surface area contributed by atoms with Crippen LogP contribution in [0.3, 0.4) is 0 Å². The molecule has 1 unspecified atom stereocenters. The van der Waals surface area contributed by atoms with Crippen LogP contribution in [0, 0.1) is 35.0 Å². The lowest BCUT2D eigenvalue weighted by atomic mass is 10.2. The van der Waals surface area contributed by atoms with Crippen molar-refractivity contribution in [2.75, 3.05) is 13.1 Å². The average molecular weight is 218 g/mol. The Morgan fingerprint density at radius 2 is 1.81 bits per heavy atom. The van der Waals surface area contributed by atoms with Gasteiger partial charge >= 0.3 is 0 Å². The molecule has 0 aromatic rings. The molecule has 0 saturated heterocycles. The Balaban J connectivity index is 4.38. The number of rotatable bonds is 6. The van der Waals surface area contributed by atoms with Gasteiger partial charge in [-0.05, 0) is 0 Å². The Hall–Kier alpha value is -2.03. The fourth-order valence-electron chi connectivity index (χ4n) is 1.15. The van der Waals surface area contributed by atoms with E-state index in [1.807, 2.05) is 12.1 Å². The molecule has 0 saturated carbocycles. The second-order valence-corrected chi connectivity index (χ2v) is 3.16. The van der Waals surface area contributed by atoms with Gasteiger partial charge in [0.2, 0.25) is 5.91 Å². The Morgan fingerprint density at radius 3 is 2.19 bits per heavy atom. The highest BCUT2D eigenvalue weighted by Crippen LogP contribution is 2.00. The van der Waals surface area contributed by atoms with Gasteiger partial charge in [-0.25, -0.2) is 0 Å². The van der Waals surface area contributed by atoms with Crippen molar-refractivity contribution < 1.29 is 4.79 Å². The SMILES string of the molecule is C#CCC(N)C(=O)N(CCC#N)CCC#N. The van der Waals surface area contributed by atoms with Crippen LogP contribution in [0.5, 0.6) is 0 Å². The van der Waals surface area contributed by atoms with Gasteiger partial charge in [0.05, 0.1) is 31.0 Å². The van der Waals surface area contributed by atoms with E-state index in [1.54, 1.807) is 0 Å². The summed E-state index contributed by atoms with van der Waals surface area (Å²) in [6, 6.07) is 3.14. The molecule has 5 nitrogen and oxygen atoms in total. The molecular weight excluding hydrogens is 204 g/mol. The second kappa shape index (κ2) is 8.29. The van der Waals surface area contributed by atoms with Gasteiger partial charge in [0.15, 0.2) is 0 Å². The number of carbonyl (C=O) groups excluding carboxylic acids is 1. The minimum Gasteiger partial charge on any atom is -0.339 e. The van der Waals surface area contributed by atoms with Crippen LogP contribution in [-0.4, -0.2) is 29.9 Å². The minimum atomic E-state index is -0.748. The Bertz CT molecular complexity index is 326. The number of nitriles is 2. The van der Waals surface area contributed by atoms with Crippen LogP contribution in [0.25, 0.3) is 0 Å². The number of carbonyl (C=O) groups is 1. The molecule has 1 amide bonds. The fraction of sp³-hybridized carbons (Fsp3) is 0.545. The number of hydrogen-bond donors (Lipinski definition) is 1. The van der Waals surface area contributed by atoms with Gasteiger partial charge in [0.25, 0.3) is 0 Å². The lowest BCUT2D eigenvalue weighted by Crippen LogP contribution is -2.44. The Kier molecular flexibility index (Phi) is 7.24. The third-order valence-corrected chi connectivity index (χ3v) is 1.95. The molecule has 0 radical (unpaired) electrons. The maximum atomic E-state index is 11.7. The highest BCUT2D eigenvalue weighted by atomic mass is 16.2. The molecule has 0 aromatic heterocycles. The summed E-state index contributed by atoms with van der Waals surface area (Å²) in [4.78, 5) is 13.1. The van der Waals surface area contributed by atoms with Crippen molar-refractivity contribution >= 4 is 5.91 Å². The van der Waals surface area contributed by atoms with Crippen LogP contribution in [0.4, 0.5) is 0 Å². The van der Waals surface area contributed by atoms with E-state index in [9.17, 15) is 4.79 Å². The first-order valence-electron chi connectivity index (χ1n) is 4.89. The Morgan fingerprint density at radius 1 is 1.31 bits per heavy atom.